The molecule has 3 fully saturated rings. The number of rotatable bonds is 20. The minimum Gasteiger partial charge on any atom is -0.479 e. The number of methoxy groups -OCH3 is 2. The van der Waals surface area contributed by atoms with Gasteiger partial charge in [0.25, 0.3) is 0 Å². The monoisotopic (exact) mass is 1180 g/mol. The van der Waals surface area contributed by atoms with Crippen LogP contribution in [0.5, 0.6) is 0 Å². The van der Waals surface area contributed by atoms with Crippen LogP contribution in [0.2, 0.25) is 0 Å². The molecule has 4 heterocycles. The molecule has 7 N–H and O–H groups in total. The van der Waals surface area contributed by atoms with Gasteiger partial charge in [0.2, 0.25) is 0 Å². The van der Waals surface area contributed by atoms with Crippen LogP contribution in [-0.4, -0.2) is 233 Å². The molecule has 0 aromatic rings. The molecule has 0 aromatic heterocycles. The quantitative estimate of drug-likeness (QED) is 0.0516. The molecule has 0 spiro atoms. The molecule has 4 rings (SSSR count). The Kier molecular flexibility index (Phi) is 29.2. The molecule has 0 saturated carbocycles. The molecule has 23 atom stereocenters. The highest BCUT2D eigenvalue weighted by molar-refractivity contribution is 5.91. The Bertz CT molecular complexity index is 2100. The lowest BCUT2D eigenvalue weighted by molar-refractivity contribution is -0.342. The number of aldehydes is 1. The van der Waals surface area contributed by atoms with Gasteiger partial charge in [0.05, 0.1) is 49.6 Å². The molecule has 26 heteroatoms. The largest absolute Gasteiger partial charge is 0.479 e. The number of carboxylic acid groups (broad SMARTS) is 2. The number of nitrogens with zero attached hydrogens (tertiary/aromatic N) is 1. The van der Waals surface area contributed by atoms with Crippen molar-refractivity contribution in [3.05, 3.63) is 24.3 Å². The average molecular weight is 1180 g/mol. The highest BCUT2D eigenvalue weighted by Gasteiger charge is 2.53. The Labute approximate surface area is 479 Å². The molecule has 0 aliphatic carbocycles. The first-order chi connectivity index (χ1) is 38.3. The highest BCUT2D eigenvalue weighted by atomic mass is 16.7. The van der Waals surface area contributed by atoms with Crippen molar-refractivity contribution < 1.29 is 121 Å². The van der Waals surface area contributed by atoms with Crippen LogP contribution in [-0.2, 0) is 85.7 Å². The number of carboxylic acids is 2. The first kappa shape index (κ1) is 71.9. The molecule has 82 heavy (non-hydrogen) atoms. The summed E-state index contributed by atoms with van der Waals surface area (Å²) in [4.78, 5) is 85.7. The Morgan fingerprint density at radius 2 is 1.43 bits per heavy atom. The number of hydrogen-bond acceptors (Lipinski definition) is 24. The molecular weight excluding hydrogens is 1090 g/mol. The zero-order valence-electron chi connectivity index (χ0n) is 49.5. The van der Waals surface area contributed by atoms with Crippen molar-refractivity contribution in [1.82, 2.24) is 4.90 Å². The number of esters is 3. The number of ketones is 1. The molecule has 4 aliphatic rings. The van der Waals surface area contributed by atoms with E-state index in [1.54, 1.807) is 71.8 Å². The second-order valence-electron chi connectivity index (χ2n) is 22.5. The highest BCUT2D eigenvalue weighted by Crippen LogP contribution is 2.38. The SMILES string of the molecule is CC[C@H]1OC(=O)C[C@@H](O)[C@H](C)[C@@H](O[C@H]2O[C@H](C)[C@@H](O[C@H]3C[C@@](C)(O)[C@@H](OC(C)=O)[C@H](C)O3)[C@H](N(C)C)[C@H]2O)[C@@H](CC=O)C[C@@H](C)C(=O)/C=C\C=C/[C@@H]1CO[C@@H]1O[C@H](C)[C@@H](OC(=O)CC(C)C)[C@@H](OC)[C@H]1OC.O=C(O)[C@H](O)[C@@H](O)C(=O)O. The van der Waals surface area contributed by atoms with Crippen molar-refractivity contribution in [2.45, 2.75) is 224 Å². The van der Waals surface area contributed by atoms with E-state index in [0.717, 1.165) is 0 Å². The van der Waals surface area contributed by atoms with E-state index in [0.29, 0.717) is 12.7 Å². The summed E-state index contributed by atoms with van der Waals surface area (Å²) in [6.07, 6.45) is -11.5. The lowest BCUT2D eigenvalue weighted by Crippen LogP contribution is -2.65. The van der Waals surface area contributed by atoms with Crippen LogP contribution in [0, 0.1) is 29.6 Å². The molecule has 4 aliphatic heterocycles. The van der Waals surface area contributed by atoms with Crippen molar-refractivity contribution in [3.8, 4) is 0 Å². The Morgan fingerprint density at radius 1 is 0.829 bits per heavy atom. The van der Waals surface area contributed by atoms with Crippen molar-refractivity contribution in [2.75, 3.05) is 34.9 Å². The fourth-order valence-electron chi connectivity index (χ4n) is 10.6. The smallest absolute Gasteiger partial charge is 0.335 e. The van der Waals surface area contributed by atoms with E-state index in [2.05, 4.69) is 0 Å². The molecule has 26 nitrogen and oxygen atoms in total. The third-order valence-corrected chi connectivity index (χ3v) is 15.0. The van der Waals surface area contributed by atoms with Crippen LogP contribution >= 0.6 is 0 Å². The first-order valence-corrected chi connectivity index (χ1v) is 27.7. The fraction of sp³-hybridized carbons (Fsp3) is 0.804. The zero-order chi connectivity index (χ0) is 62.1. The number of carbonyl (C=O) groups is 7. The molecule has 470 valence electrons. The van der Waals surface area contributed by atoms with E-state index >= 15 is 0 Å². The van der Waals surface area contributed by atoms with Gasteiger partial charge in [0, 0.05) is 58.2 Å². The van der Waals surface area contributed by atoms with Gasteiger partial charge in [-0.05, 0) is 72.5 Å². The van der Waals surface area contributed by atoms with Gasteiger partial charge < -0.3 is 97.5 Å². The van der Waals surface area contributed by atoms with E-state index in [1.165, 1.54) is 34.1 Å². The molecule has 0 unspecified atom stereocenters. The van der Waals surface area contributed by atoms with Gasteiger partial charge in [0.1, 0.15) is 42.4 Å². The van der Waals surface area contributed by atoms with Crippen LogP contribution in [0.1, 0.15) is 108 Å². The van der Waals surface area contributed by atoms with Gasteiger partial charge in [-0.15, -0.1) is 0 Å². The van der Waals surface area contributed by atoms with E-state index < -0.39 is 176 Å². The number of likely N-dealkylation sites (N-methyl/N-ethyl adjacent to an activating group) is 1. The standard InChI is InChI=1S/C52H85NO19.C4H6O6/c1-15-38-35(26-64-51-48(63-14)47(62-13)46(31(7)67-51)70-39(58)22-27(2)3)18-16-17-19-36(56)28(4)23-34(20-21-54)44(29(5)37(57)24-40(59)69-38)72-50-43(60)42(53(11)12)45(30(6)66-50)71-41-25-52(10,61)49(32(8)65-41)68-33(9)55;5-1(3(7)8)2(6)4(9)10/h16-19,21,27-32,34-35,37-38,41-51,57,60-61H,15,20,22-26H2,1-14H3;1-2,5-6H,(H,7,8)(H,9,10)/b18-16-,19-17-;/t28-,29+,30-,31-,32+,34+,35-,37-,38-,41+,42-,43-,44-,45-,46-,47-,48-,49+,50-,51-,52-;1-,2-/m11/s1. The number of aliphatic carboxylic acids is 2. The number of allylic oxidation sites excluding steroid dienone is 3. The first-order valence-electron chi connectivity index (χ1n) is 27.7. The Morgan fingerprint density at radius 3 is 1.95 bits per heavy atom. The summed E-state index contributed by atoms with van der Waals surface area (Å²) in [7, 11) is 6.44. The average Bonchev–Trinajstić information content (AvgIpc) is 3.59. The lowest BCUT2D eigenvalue weighted by Gasteiger charge is -2.50. The van der Waals surface area contributed by atoms with Crippen LogP contribution in [0.25, 0.3) is 0 Å². The van der Waals surface area contributed by atoms with Crippen LogP contribution in [0.4, 0.5) is 0 Å². The third kappa shape index (κ3) is 20.4. The summed E-state index contributed by atoms with van der Waals surface area (Å²) in [5.41, 5.74) is -1.50. The van der Waals surface area contributed by atoms with Gasteiger partial charge in [-0.2, -0.15) is 0 Å². The number of hydrogen-bond donors (Lipinski definition) is 7. The summed E-state index contributed by atoms with van der Waals surface area (Å²) in [5.74, 6) is -8.16. The lowest BCUT2D eigenvalue weighted by atomic mass is 9.79. The maximum atomic E-state index is 13.9. The van der Waals surface area contributed by atoms with Gasteiger partial charge >= 0.3 is 29.8 Å². The normalized spacial score (nSPS) is 38.5. The Balaban J connectivity index is 0.00000160. The van der Waals surface area contributed by atoms with Crippen molar-refractivity contribution >= 4 is 41.9 Å². The van der Waals surface area contributed by atoms with E-state index in [9.17, 15) is 48.9 Å². The molecule has 0 amide bonds. The summed E-state index contributed by atoms with van der Waals surface area (Å²) in [6, 6.07) is -0.785. The van der Waals surface area contributed by atoms with Crippen molar-refractivity contribution in [3.63, 3.8) is 0 Å². The van der Waals surface area contributed by atoms with E-state index in [4.69, 9.17) is 72.5 Å². The predicted octanol–water partition coefficient (Wildman–Crippen LogP) is 1.49. The molecular formula is C56H91NO25. The number of cyclic esters (lactones) is 1. The van der Waals surface area contributed by atoms with Crippen LogP contribution < -0.4 is 0 Å². The topological polar surface area (TPSA) is 366 Å². The Hall–Kier alpha value is -4.39. The van der Waals surface area contributed by atoms with Crippen molar-refractivity contribution in [1.29, 1.82) is 0 Å². The molecule has 3 saturated heterocycles. The summed E-state index contributed by atoms with van der Waals surface area (Å²) >= 11 is 0. The maximum Gasteiger partial charge on any atom is 0.335 e. The number of aliphatic hydroxyl groups excluding tert-OH is 4. The summed E-state index contributed by atoms with van der Waals surface area (Å²) in [6.45, 7) is 16.9. The number of aliphatic hydroxyl groups is 5. The maximum absolute atomic E-state index is 13.9. The second-order valence-corrected chi connectivity index (χ2v) is 22.5. The third-order valence-electron chi connectivity index (χ3n) is 15.0. The van der Waals surface area contributed by atoms with Gasteiger partial charge in [-0.1, -0.05) is 52.8 Å². The van der Waals surface area contributed by atoms with Crippen molar-refractivity contribution in [2.24, 2.45) is 29.6 Å². The molecule has 0 aromatic carbocycles. The summed E-state index contributed by atoms with van der Waals surface area (Å²) in [5, 5.41) is 67.8. The second kappa shape index (κ2) is 33.3. The van der Waals surface area contributed by atoms with Gasteiger partial charge in [-0.3, -0.25) is 19.2 Å². The number of carbonyl (C=O) groups excluding carboxylic acids is 5. The van der Waals surface area contributed by atoms with Gasteiger partial charge in [0.15, 0.2) is 49.1 Å². The van der Waals surface area contributed by atoms with Crippen LogP contribution in [0.15, 0.2) is 24.3 Å². The minimum atomic E-state index is -2.27. The van der Waals surface area contributed by atoms with Crippen LogP contribution in [0.3, 0.4) is 0 Å². The zero-order valence-corrected chi connectivity index (χ0v) is 49.5. The fourth-order valence-corrected chi connectivity index (χ4v) is 10.6. The van der Waals surface area contributed by atoms with Gasteiger partial charge in [-0.25, -0.2) is 9.59 Å². The number of ether oxygens (including phenoxy) is 11. The molecule has 0 radical (unpaired) electrons. The molecule has 0 bridgehead atoms. The van der Waals surface area contributed by atoms with E-state index in [-0.39, 0.29) is 44.0 Å². The summed E-state index contributed by atoms with van der Waals surface area (Å²) < 4.78 is 67.0. The predicted molar refractivity (Wildman–Crippen MR) is 286 cm³/mol. The minimum absolute atomic E-state index is 0.0413. The van der Waals surface area contributed by atoms with E-state index in [1.807, 2.05) is 20.8 Å².